The van der Waals surface area contributed by atoms with Crippen LogP contribution < -0.4 is 20.3 Å². The number of halogens is 5. The Morgan fingerprint density at radius 2 is 1.81 bits per heavy atom. The van der Waals surface area contributed by atoms with Crippen LogP contribution in [0, 0.1) is 17.6 Å². The molecular formula is C32H31F5N6O4S. The van der Waals surface area contributed by atoms with Gasteiger partial charge in [0.05, 0.1) is 23.8 Å². The van der Waals surface area contributed by atoms with Crippen molar-refractivity contribution in [2.75, 3.05) is 29.9 Å². The van der Waals surface area contributed by atoms with Crippen LogP contribution >= 0.6 is 11.3 Å². The quantitative estimate of drug-likeness (QED) is 0.181. The molecule has 5 rings (SSSR count). The SMILES string of the molecule is CC(C)(C)OC(=O)NC[C@@H]1CCCN(c2c(NC(=O)c3csc(-c4ccnnc4)n3)ccc(Oc3c(F)cccc3F)c2C(F)(F)F)C1. The Balaban J connectivity index is 1.52. The van der Waals surface area contributed by atoms with Gasteiger partial charge in [-0.1, -0.05) is 6.07 Å². The zero-order chi connectivity index (χ0) is 34.6. The largest absolute Gasteiger partial charge is 0.450 e. The molecule has 0 saturated carbocycles. The van der Waals surface area contributed by atoms with Crippen molar-refractivity contribution < 1.29 is 41.0 Å². The van der Waals surface area contributed by atoms with Crippen LogP contribution in [0.1, 0.15) is 49.7 Å². The molecule has 10 nitrogen and oxygen atoms in total. The fourth-order valence-electron chi connectivity index (χ4n) is 5.14. The molecule has 2 aromatic heterocycles. The van der Waals surface area contributed by atoms with Crippen molar-refractivity contribution in [3.63, 3.8) is 0 Å². The van der Waals surface area contributed by atoms with E-state index in [9.17, 15) is 18.4 Å². The highest BCUT2D eigenvalue weighted by Gasteiger charge is 2.42. The second kappa shape index (κ2) is 14.1. The third-order valence-electron chi connectivity index (χ3n) is 7.14. The summed E-state index contributed by atoms with van der Waals surface area (Å²) in [6.07, 6.45) is -1.85. The van der Waals surface area contributed by atoms with Crippen LogP contribution in [0.25, 0.3) is 10.6 Å². The van der Waals surface area contributed by atoms with E-state index in [1.807, 2.05) is 0 Å². The van der Waals surface area contributed by atoms with Crippen molar-refractivity contribution in [1.29, 1.82) is 0 Å². The number of piperidine rings is 1. The molecule has 4 aromatic rings. The Hall–Kier alpha value is -4.86. The zero-order valence-electron chi connectivity index (χ0n) is 26.0. The predicted octanol–water partition coefficient (Wildman–Crippen LogP) is 7.68. The van der Waals surface area contributed by atoms with Crippen molar-refractivity contribution in [3.8, 4) is 22.1 Å². The third kappa shape index (κ3) is 8.34. The highest BCUT2D eigenvalue weighted by molar-refractivity contribution is 7.13. The molecule has 2 aromatic carbocycles. The first kappa shape index (κ1) is 34.5. The van der Waals surface area contributed by atoms with Crippen molar-refractivity contribution >= 4 is 34.7 Å². The van der Waals surface area contributed by atoms with E-state index < -0.39 is 58.2 Å². The van der Waals surface area contributed by atoms with Crippen molar-refractivity contribution in [2.45, 2.75) is 45.4 Å². The van der Waals surface area contributed by atoms with E-state index in [2.05, 4.69) is 25.8 Å². The lowest BCUT2D eigenvalue weighted by molar-refractivity contribution is -0.138. The highest BCUT2D eigenvalue weighted by atomic mass is 32.1. The second-order valence-corrected chi connectivity index (χ2v) is 12.8. The summed E-state index contributed by atoms with van der Waals surface area (Å²) in [5.41, 5.74) is -2.24. The minimum atomic E-state index is -5.10. The van der Waals surface area contributed by atoms with Crippen LogP contribution in [-0.4, -0.2) is 52.4 Å². The van der Waals surface area contributed by atoms with E-state index in [-0.39, 0.29) is 36.9 Å². The third-order valence-corrected chi connectivity index (χ3v) is 8.03. The maximum atomic E-state index is 15.0. The normalized spacial score (nSPS) is 15.2. The molecule has 48 heavy (non-hydrogen) atoms. The van der Waals surface area contributed by atoms with Gasteiger partial charge in [0.25, 0.3) is 5.91 Å². The molecule has 0 bridgehead atoms. The number of hydrogen-bond donors (Lipinski definition) is 2. The molecule has 0 aliphatic carbocycles. The predicted molar refractivity (Wildman–Crippen MR) is 168 cm³/mol. The van der Waals surface area contributed by atoms with Gasteiger partial charge in [0, 0.05) is 30.6 Å². The van der Waals surface area contributed by atoms with Gasteiger partial charge >= 0.3 is 12.3 Å². The Morgan fingerprint density at radius 1 is 1.06 bits per heavy atom. The number of nitrogens with zero attached hydrogens (tertiary/aromatic N) is 4. The number of benzene rings is 2. The molecule has 16 heteroatoms. The van der Waals surface area contributed by atoms with Gasteiger partial charge in [-0.2, -0.15) is 23.4 Å². The standard InChI is InChI=1S/C32H31F5N6O4S/c1-31(2,3)47-30(45)38-14-18-6-5-13-43(16-18)26-22(41-28(44)23-17-48-29(42-23)19-11-12-39-40-15-19)9-10-24(25(26)32(35,36)37)46-27-20(33)7-4-8-21(27)34/h4,7-12,15,17-18H,5-6,13-14,16H2,1-3H3,(H,38,45)(H,41,44)/t18-/m0/s1. The highest BCUT2D eigenvalue weighted by Crippen LogP contribution is 2.49. The summed E-state index contributed by atoms with van der Waals surface area (Å²) in [6, 6.07) is 6.49. The number of alkyl carbamates (subject to hydrolysis) is 1. The van der Waals surface area contributed by atoms with Gasteiger partial charge in [0.1, 0.15) is 27.6 Å². The van der Waals surface area contributed by atoms with E-state index in [4.69, 9.17) is 9.47 Å². The smallest absolute Gasteiger partial charge is 0.422 e. The van der Waals surface area contributed by atoms with E-state index >= 15 is 13.2 Å². The van der Waals surface area contributed by atoms with E-state index in [1.54, 1.807) is 26.8 Å². The maximum Gasteiger partial charge on any atom is 0.422 e. The number of carbonyl (C=O) groups is 2. The summed E-state index contributed by atoms with van der Waals surface area (Å²) in [4.78, 5) is 31.4. The average Bonchev–Trinajstić information content (AvgIpc) is 3.52. The number of nitrogens with one attached hydrogen (secondary N) is 2. The molecule has 0 radical (unpaired) electrons. The first-order chi connectivity index (χ1) is 22.7. The van der Waals surface area contributed by atoms with Crippen molar-refractivity contribution in [2.24, 2.45) is 5.92 Å². The average molecular weight is 691 g/mol. The first-order valence-corrected chi connectivity index (χ1v) is 15.7. The van der Waals surface area contributed by atoms with E-state index in [0.717, 1.165) is 35.6 Å². The van der Waals surface area contributed by atoms with E-state index in [0.29, 0.717) is 23.4 Å². The van der Waals surface area contributed by atoms with Gasteiger partial charge in [-0.3, -0.25) is 4.79 Å². The topological polar surface area (TPSA) is 119 Å². The number of anilines is 2. The molecule has 254 valence electrons. The monoisotopic (exact) mass is 690 g/mol. The van der Waals surface area contributed by atoms with Gasteiger partial charge in [-0.05, 0) is 69.9 Å². The zero-order valence-corrected chi connectivity index (χ0v) is 26.8. The molecule has 0 unspecified atom stereocenters. The molecule has 1 fully saturated rings. The van der Waals surface area contributed by atoms with Gasteiger partial charge in [0.15, 0.2) is 17.4 Å². The maximum absolute atomic E-state index is 15.0. The molecule has 2 amide bonds. The van der Waals surface area contributed by atoms with Crippen LogP contribution in [-0.2, 0) is 10.9 Å². The number of hydrogen-bond acceptors (Lipinski definition) is 9. The summed E-state index contributed by atoms with van der Waals surface area (Å²) in [6.45, 7) is 5.39. The van der Waals surface area contributed by atoms with Gasteiger partial charge in [-0.15, -0.1) is 11.3 Å². The molecule has 2 N–H and O–H groups in total. The molecule has 1 saturated heterocycles. The second-order valence-electron chi connectivity index (χ2n) is 11.9. The van der Waals surface area contributed by atoms with Crippen LogP contribution in [0.15, 0.2) is 54.2 Å². The van der Waals surface area contributed by atoms with Gasteiger partial charge < -0.3 is 25.0 Å². The number of alkyl halides is 3. The molecule has 1 aliphatic heterocycles. The fraction of sp³-hybridized carbons (Fsp3) is 0.344. The van der Waals surface area contributed by atoms with Crippen molar-refractivity contribution in [3.05, 3.63) is 77.1 Å². The Morgan fingerprint density at radius 3 is 2.48 bits per heavy atom. The van der Waals surface area contributed by atoms with E-state index in [1.165, 1.54) is 28.7 Å². The number of ether oxygens (including phenoxy) is 2. The fourth-order valence-corrected chi connectivity index (χ4v) is 5.93. The number of rotatable bonds is 8. The lowest BCUT2D eigenvalue weighted by Gasteiger charge is -2.37. The molecule has 3 heterocycles. The number of amides is 2. The van der Waals surface area contributed by atoms with Gasteiger partial charge in [0.2, 0.25) is 0 Å². The number of carbonyl (C=O) groups excluding carboxylic acids is 2. The molecular weight excluding hydrogens is 659 g/mol. The summed E-state index contributed by atoms with van der Waals surface area (Å²) < 4.78 is 84.6. The van der Waals surface area contributed by atoms with Crippen LogP contribution in [0.2, 0.25) is 0 Å². The van der Waals surface area contributed by atoms with Crippen LogP contribution in [0.5, 0.6) is 11.5 Å². The van der Waals surface area contributed by atoms with Crippen LogP contribution in [0.3, 0.4) is 0 Å². The number of thiazole rings is 1. The van der Waals surface area contributed by atoms with Crippen molar-refractivity contribution in [1.82, 2.24) is 20.5 Å². The first-order valence-electron chi connectivity index (χ1n) is 14.8. The minimum absolute atomic E-state index is 0.0369. The summed E-state index contributed by atoms with van der Waals surface area (Å²) in [7, 11) is 0. The lowest BCUT2D eigenvalue weighted by Crippen LogP contribution is -2.43. The van der Waals surface area contributed by atoms with Gasteiger partial charge in [-0.25, -0.2) is 18.6 Å². The molecule has 0 spiro atoms. The molecule has 1 atom stereocenters. The van der Waals surface area contributed by atoms with Crippen LogP contribution in [0.4, 0.5) is 38.1 Å². The summed E-state index contributed by atoms with van der Waals surface area (Å²) in [5, 5.41) is 14.6. The molecule has 1 aliphatic rings. The summed E-state index contributed by atoms with van der Waals surface area (Å²) >= 11 is 1.13. The number of aromatic nitrogens is 3. The number of para-hydroxylation sites is 1. The Kier molecular flexibility index (Phi) is 10.1. The minimum Gasteiger partial charge on any atom is -0.450 e. The summed E-state index contributed by atoms with van der Waals surface area (Å²) in [5.74, 6) is -5.37. The lowest BCUT2D eigenvalue weighted by atomic mass is 9.96. The Bertz CT molecular complexity index is 1760. The Labute approximate surface area is 276 Å².